The van der Waals surface area contributed by atoms with Crippen molar-refractivity contribution in [1.82, 2.24) is 4.98 Å². The molecular weight excluding hydrogens is 365 g/mol. The molecule has 0 amide bonds. The number of aromatic nitrogens is 1. The van der Waals surface area contributed by atoms with Crippen molar-refractivity contribution in [2.45, 2.75) is 12.7 Å². The van der Waals surface area contributed by atoms with Crippen LogP contribution in [0.15, 0.2) is 72.8 Å². The minimum Gasteiger partial charge on any atom is -0.488 e. The Labute approximate surface area is 167 Å². The Morgan fingerprint density at radius 1 is 0.931 bits per heavy atom. The second kappa shape index (κ2) is 7.15. The van der Waals surface area contributed by atoms with Crippen LogP contribution in [0, 0.1) is 5.82 Å². The highest BCUT2D eigenvalue weighted by Gasteiger charge is 2.22. The van der Waals surface area contributed by atoms with Gasteiger partial charge >= 0.3 is 0 Å². The molecule has 3 aromatic carbocycles. The number of aliphatic hydroxyl groups excluding tert-OH is 1. The van der Waals surface area contributed by atoms with Crippen LogP contribution in [0.3, 0.4) is 0 Å². The SMILES string of the molecule is OC1c2ccccc2COc2ccc(C=Cc3ccc4c(F)cccc4n3)cc21. The fraction of sp³-hybridized carbons (Fsp3) is 0.0800. The summed E-state index contributed by atoms with van der Waals surface area (Å²) in [5.41, 5.74) is 4.87. The standard InChI is InChI=1S/C25H18FNO2/c26-22-6-3-7-23-20(22)12-11-18(27-23)10-8-16-9-13-24-21(14-16)25(28)19-5-2-1-4-17(19)15-29-24/h1-14,25,28H,15H2. The van der Waals surface area contributed by atoms with E-state index in [9.17, 15) is 9.50 Å². The molecule has 1 atom stereocenters. The van der Waals surface area contributed by atoms with Gasteiger partial charge in [0.15, 0.2) is 0 Å². The average Bonchev–Trinajstić information content (AvgIpc) is 2.89. The lowest BCUT2D eigenvalue weighted by molar-refractivity contribution is 0.218. The summed E-state index contributed by atoms with van der Waals surface area (Å²) >= 11 is 0. The molecule has 142 valence electrons. The highest BCUT2D eigenvalue weighted by atomic mass is 19.1. The quantitative estimate of drug-likeness (QED) is 0.496. The molecule has 0 spiro atoms. The minimum absolute atomic E-state index is 0.273. The number of nitrogens with zero attached hydrogens (tertiary/aromatic N) is 1. The van der Waals surface area contributed by atoms with Crippen LogP contribution >= 0.6 is 0 Å². The molecule has 1 aliphatic rings. The normalized spacial score (nSPS) is 15.6. The zero-order valence-electron chi connectivity index (χ0n) is 15.5. The smallest absolute Gasteiger partial charge is 0.132 e. The number of ether oxygens (including phenoxy) is 1. The summed E-state index contributed by atoms with van der Waals surface area (Å²) in [6, 6.07) is 21.9. The topological polar surface area (TPSA) is 42.4 Å². The van der Waals surface area contributed by atoms with E-state index >= 15 is 0 Å². The number of hydrogen-bond acceptors (Lipinski definition) is 3. The predicted molar refractivity (Wildman–Crippen MR) is 112 cm³/mol. The minimum atomic E-state index is -0.737. The Balaban J connectivity index is 1.48. The van der Waals surface area contributed by atoms with E-state index in [1.807, 2.05) is 54.6 Å². The molecule has 0 fully saturated rings. The van der Waals surface area contributed by atoms with Gasteiger partial charge in [0, 0.05) is 10.9 Å². The first-order valence-electron chi connectivity index (χ1n) is 9.45. The van der Waals surface area contributed by atoms with E-state index in [4.69, 9.17) is 4.74 Å². The van der Waals surface area contributed by atoms with Gasteiger partial charge in [-0.1, -0.05) is 42.5 Å². The lowest BCUT2D eigenvalue weighted by Crippen LogP contribution is -2.01. The van der Waals surface area contributed by atoms with E-state index < -0.39 is 6.10 Å². The highest BCUT2D eigenvalue weighted by molar-refractivity contribution is 5.81. The van der Waals surface area contributed by atoms with Crippen LogP contribution in [0.25, 0.3) is 23.1 Å². The molecule has 5 rings (SSSR count). The van der Waals surface area contributed by atoms with Gasteiger partial charge in [0.05, 0.1) is 11.2 Å². The summed E-state index contributed by atoms with van der Waals surface area (Å²) in [4.78, 5) is 4.50. The van der Waals surface area contributed by atoms with Gasteiger partial charge in [0.2, 0.25) is 0 Å². The van der Waals surface area contributed by atoms with Gasteiger partial charge in [-0.2, -0.15) is 0 Å². The predicted octanol–water partition coefficient (Wildman–Crippen LogP) is 5.52. The fourth-order valence-electron chi connectivity index (χ4n) is 3.68. The molecule has 0 aliphatic carbocycles. The summed E-state index contributed by atoms with van der Waals surface area (Å²) in [6.45, 7) is 0.437. The zero-order chi connectivity index (χ0) is 19.8. The van der Waals surface area contributed by atoms with Crippen molar-refractivity contribution < 1.29 is 14.2 Å². The molecule has 4 aromatic rings. The van der Waals surface area contributed by atoms with Crippen LogP contribution in [-0.2, 0) is 6.61 Å². The monoisotopic (exact) mass is 383 g/mol. The van der Waals surface area contributed by atoms with E-state index in [0.717, 1.165) is 27.9 Å². The lowest BCUT2D eigenvalue weighted by atomic mass is 9.96. The van der Waals surface area contributed by atoms with E-state index in [2.05, 4.69) is 4.98 Å². The second-order valence-electron chi connectivity index (χ2n) is 7.06. The number of rotatable bonds is 2. The third-order valence-corrected chi connectivity index (χ3v) is 5.21. The number of hydrogen-bond donors (Lipinski definition) is 1. The second-order valence-corrected chi connectivity index (χ2v) is 7.06. The van der Waals surface area contributed by atoms with E-state index in [1.165, 1.54) is 6.07 Å². The van der Waals surface area contributed by atoms with Gasteiger partial charge in [-0.3, -0.25) is 0 Å². The molecule has 0 saturated heterocycles. The van der Waals surface area contributed by atoms with Gasteiger partial charge in [-0.05, 0) is 59.2 Å². The van der Waals surface area contributed by atoms with E-state index in [-0.39, 0.29) is 5.82 Å². The number of aliphatic hydroxyl groups is 1. The molecule has 1 aliphatic heterocycles. The van der Waals surface area contributed by atoms with Crippen LogP contribution in [0.5, 0.6) is 5.75 Å². The maximum Gasteiger partial charge on any atom is 0.132 e. The number of benzene rings is 3. The molecule has 29 heavy (non-hydrogen) atoms. The van der Waals surface area contributed by atoms with Crippen LogP contribution < -0.4 is 4.74 Å². The molecule has 1 aromatic heterocycles. The van der Waals surface area contributed by atoms with Crippen molar-refractivity contribution in [3.8, 4) is 5.75 Å². The Kier molecular flexibility index (Phi) is 4.34. The molecule has 3 nitrogen and oxygen atoms in total. The summed E-state index contributed by atoms with van der Waals surface area (Å²) in [7, 11) is 0. The molecule has 0 saturated carbocycles. The maximum absolute atomic E-state index is 13.8. The van der Waals surface area contributed by atoms with Crippen molar-refractivity contribution in [3.05, 3.63) is 107 Å². The first-order chi connectivity index (χ1) is 14.2. The highest BCUT2D eigenvalue weighted by Crippen LogP contribution is 2.36. The maximum atomic E-state index is 13.8. The van der Waals surface area contributed by atoms with Crippen molar-refractivity contribution in [1.29, 1.82) is 0 Å². The van der Waals surface area contributed by atoms with Crippen molar-refractivity contribution in [2.24, 2.45) is 0 Å². The van der Waals surface area contributed by atoms with Crippen LogP contribution in [0.4, 0.5) is 4.39 Å². The largest absolute Gasteiger partial charge is 0.488 e. The fourth-order valence-corrected chi connectivity index (χ4v) is 3.68. The molecule has 2 heterocycles. The number of pyridine rings is 1. The summed E-state index contributed by atoms with van der Waals surface area (Å²) < 4.78 is 19.7. The number of fused-ring (bicyclic) bond motifs is 3. The lowest BCUT2D eigenvalue weighted by Gasteiger charge is -2.13. The molecular formula is C25H18FNO2. The third-order valence-electron chi connectivity index (χ3n) is 5.21. The Morgan fingerprint density at radius 2 is 1.83 bits per heavy atom. The van der Waals surface area contributed by atoms with Gasteiger partial charge in [0.25, 0.3) is 0 Å². The van der Waals surface area contributed by atoms with Gasteiger partial charge in [-0.15, -0.1) is 0 Å². The van der Waals surface area contributed by atoms with Gasteiger partial charge in [0.1, 0.15) is 24.3 Å². The molecule has 4 heteroatoms. The molecule has 0 bridgehead atoms. The van der Waals surface area contributed by atoms with Crippen molar-refractivity contribution in [3.63, 3.8) is 0 Å². The van der Waals surface area contributed by atoms with E-state index in [1.54, 1.807) is 24.3 Å². The van der Waals surface area contributed by atoms with Crippen molar-refractivity contribution >= 4 is 23.1 Å². The average molecular weight is 383 g/mol. The Bertz CT molecular complexity index is 1250. The summed E-state index contributed by atoms with van der Waals surface area (Å²) in [5, 5.41) is 11.4. The van der Waals surface area contributed by atoms with Gasteiger partial charge < -0.3 is 9.84 Å². The zero-order valence-corrected chi connectivity index (χ0v) is 15.5. The Morgan fingerprint density at radius 3 is 2.76 bits per heavy atom. The summed E-state index contributed by atoms with van der Waals surface area (Å²) in [6.07, 6.45) is 3.07. The van der Waals surface area contributed by atoms with Gasteiger partial charge in [-0.25, -0.2) is 9.37 Å². The molecule has 1 N–H and O–H groups in total. The molecule has 1 unspecified atom stereocenters. The van der Waals surface area contributed by atoms with Crippen LogP contribution in [0.2, 0.25) is 0 Å². The van der Waals surface area contributed by atoms with Crippen LogP contribution in [-0.4, -0.2) is 10.1 Å². The van der Waals surface area contributed by atoms with Crippen LogP contribution in [0.1, 0.15) is 34.1 Å². The van der Waals surface area contributed by atoms with E-state index in [0.29, 0.717) is 23.3 Å². The third kappa shape index (κ3) is 3.28. The Hall–Kier alpha value is -3.50. The first-order valence-corrected chi connectivity index (χ1v) is 9.45. The molecule has 0 radical (unpaired) electrons. The number of halogens is 1. The summed E-state index contributed by atoms with van der Waals surface area (Å²) in [5.74, 6) is 0.413. The first kappa shape index (κ1) is 17.6. The van der Waals surface area contributed by atoms with Crippen molar-refractivity contribution in [2.75, 3.05) is 0 Å².